The largest absolute Gasteiger partial charge is 0.488 e. The Morgan fingerprint density at radius 1 is 1.39 bits per heavy atom. The van der Waals surface area contributed by atoms with Crippen LogP contribution in [0.3, 0.4) is 0 Å². The molecule has 2 heterocycles. The van der Waals surface area contributed by atoms with Crippen LogP contribution in [0.2, 0.25) is 0 Å². The summed E-state index contributed by atoms with van der Waals surface area (Å²) in [5.41, 5.74) is 2.65. The van der Waals surface area contributed by atoms with Crippen molar-refractivity contribution in [3.8, 4) is 5.75 Å². The molecule has 2 nitrogen and oxygen atoms in total. The van der Waals surface area contributed by atoms with E-state index in [1.807, 2.05) is 13.1 Å². The van der Waals surface area contributed by atoms with Crippen molar-refractivity contribution < 1.29 is 4.74 Å². The van der Waals surface area contributed by atoms with Gasteiger partial charge in [0.15, 0.2) is 0 Å². The van der Waals surface area contributed by atoms with Crippen molar-refractivity contribution in [2.45, 2.75) is 25.5 Å². The lowest BCUT2D eigenvalue weighted by atomic mass is 10.00. The summed E-state index contributed by atoms with van der Waals surface area (Å²) in [4.78, 5) is 1.35. The normalized spacial score (nSPS) is 19.3. The molecule has 2 unspecified atom stereocenters. The van der Waals surface area contributed by atoms with Crippen molar-refractivity contribution in [2.75, 3.05) is 7.05 Å². The smallest absolute Gasteiger partial charge is 0.123 e. The zero-order valence-electron chi connectivity index (χ0n) is 10.6. The molecule has 1 aromatic heterocycles. The molecule has 1 aliphatic rings. The fourth-order valence-electron chi connectivity index (χ4n) is 2.59. The third-order valence-electron chi connectivity index (χ3n) is 3.46. The molecule has 2 aromatic rings. The van der Waals surface area contributed by atoms with E-state index in [1.165, 1.54) is 16.0 Å². The summed E-state index contributed by atoms with van der Waals surface area (Å²) in [6.45, 7) is 2.14. The fraction of sp³-hybridized carbons (Fsp3) is 0.333. The molecule has 1 aromatic carbocycles. The van der Waals surface area contributed by atoms with Crippen LogP contribution in [0.15, 0.2) is 35.7 Å². The molecule has 0 fully saturated rings. The van der Waals surface area contributed by atoms with Gasteiger partial charge in [-0.25, -0.2) is 0 Å². The molecule has 0 saturated carbocycles. The van der Waals surface area contributed by atoms with Gasteiger partial charge in [0.05, 0.1) is 6.04 Å². The summed E-state index contributed by atoms with van der Waals surface area (Å²) < 4.78 is 6.07. The topological polar surface area (TPSA) is 21.3 Å². The molecule has 0 amide bonds. The number of ether oxygens (including phenoxy) is 1. The molecular formula is C15H17NOS. The van der Waals surface area contributed by atoms with Gasteiger partial charge in [-0.3, -0.25) is 0 Å². The van der Waals surface area contributed by atoms with Crippen LogP contribution in [0.4, 0.5) is 0 Å². The summed E-state index contributed by atoms with van der Waals surface area (Å²) in [5, 5.41) is 5.62. The van der Waals surface area contributed by atoms with Gasteiger partial charge in [-0.15, -0.1) is 11.3 Å². The van der Waals surface area contributed by atoms with E-state index in [0.717, 1.165) is 12.2 Å². The number of aryl methyl sites for hydroxylation is 1. The first kappa shape index (κ1) is 11.8. The van der Waals surface area contributed by atoms with Crippen LogP contribution in [0.25, 0.3) is 0 Å². The Morgan fingerprint density at radius 3 is 2.89 bits per heavy atom. The SMILES string of the molecule is CNC(c1csc(C)c1)C1Cc2ccccc2O1. The molecule has 1 aliphatic heterocycles. The van der Waals surface area contributed by atoms with E-state index in [1.54, 1.807) is 11.3 Å². The van der Waals surface area contributed by atoms with Crippen LogP contribution in [-0.4, -0.2) is 13.2 Å². The average molecular weight is 259 g/mol. The highest BCUT2D eigenvalue weighted by Gasteiger charge is 2.30. The molecule has 3 heteroatoms. The summed E-state index contributed by atoms with van der Waals surface area (Å²) in [7, 11) is 2.00. The third kappa shape index (κ3) is 2.04. The highest BCUT2D eigenvalue weighted by Crippen LogP contribution is 2.34. The zero-order valence-corrected chi connectivity index (χ0v) is 11.5. The molecule has 0 spiro atoms. The number of thiophene rings is 1. The van der Waals surface area contributed by atoms with Crippen LogP contribution < -0.4 is 10.1 Å². The number of benzene rings is 1. The second-order valence-electron chi connectivity index (χ2n) is 4.73. The van der Waals surface area contributed by atoms with Crippen LogP contribution in [0.1, 0.15) is 22.0 Å². The first-order valence-corrected chi connectivity index (χ1v) is 7.13. The molecule has 0 bridgehead atoms. The number of para-hydroxylation sites is 1. The number of rotatable bonds is 3. The zero-order chi connectivity index (χ0) is 12.5. The fourth-order valence-corrected chi connectivity index (χ4v) is 3.33. The Hall–Kier alpha value is -1.32. The van der Waals surface area contributed by atoms with Gasteiger partial charge in [0.2, 0.25) is 0 Å². The van der Waals surface area contributed by atoms with Crippen molar-refractivity contribution in [3.05, 3.63) is 51.7 Å². The average Bonchev–Trinajstić information content (AvgIpc) is 2.96. The number of hydrogen-bond acceptors (Lipinski definition) is 3. The quantitative estimate of drug-likeness (QED) is 0.913. The van der Waals surface area contributed by atoms with Gasteiger partial charge in [-0.05, 0) is 42.6 Å². The number of likely N-dealkylation sites (N-methyl/N-ethyl adjacent to an activating group) is 1. The predicted molar refractivity (Wildman–Crippen MR) is 75.4 cm³/mol. The number of nitrogens with one attached hydrogen (secondary N) is 1. The highest BCUT2D eigenvalue weighted by molar-refractivity contribution is 7.10. The Labute approximate surface area is 112 Å². The van der Waals surface area contributed by atoms with Gasteiger partial charge in [0.1, 0.15) is 11.9 Å². The van der Waals surface area contributed by atoms with Gasteiger partial charge >= 0.3 is 0 Å². The number of hydrogen-bond donors (Lipinski definition) is 1. The minimum atomic E-state index is 0.196. The lowest BCUT2D eigenvalue weighted by Crippen LogP contribution is -2.32. The molecule has 18 heavy (non-hydrogen) atoms. The molecular weight excluding hydrogens is 242 g/mol. The maximum absolute atomic E-state index is 6.07. The lowest BCUT2D eigenvalue weighted by molar-refractivity contribution is 0.184. The van der Waals surface area contributed by atoms with Crippen molar-refractivity contribution in [3.63, 3.8) is 0 Å². The highest BCUT2D eigenvalue weighted by atomic mass is 32.1. The molecule has 1 N–H and O–H groups in total. The van der Waals surface area contributed by atoms with E-state index >= 15 is 0 Å². The standard InChI is InChI=1S/C15H17NOS/c1-10-7-12(9-18-10)15(16-2)14-8-11-5-3-4-6-13(11)17-14/h3-7,9,14-16H,8H2,1-2H3. The summed E-state index contributed by atoms with van der Waals surface area (Å²) >= 11 is 1.80. The van der Waals surface area contributed by atoms with Crippen molar-refractivity contribution in [1.29, 1.82) is 0 Å². The van der Waals surface area contributed by atoms with Gasteiger partial charge in [-0.2, -0.15) is 0 Å². The first-order valence-electron chi connectivity index (χ1n) is 6.25. The minimum absolute atomic E-state index is 0.196. The monoisotopic (exact) mass is 259 g/mol. The van der Waals surface area contributed by atoms with E-state index in [4.69, 9.17) is 4.74 Å². The second kappa shape index (κ2) is 4.75. The molecule has 0 saturated heterocycles. The first-order chi connectivity index (χ1) is 8.78. The Balaban J connectivity index is 1.83. The second-order valence-corrected chi connectivity index (χ2v) is 5.84. The lowest BCUT2D eigenvalue weighted by Gasteiger charge is -2.22. The summed E-state index contributed by atoms with van der Waals surface area (Å²) in [6, 6.07) is 10.8. The maximum atomic E-state index is 6.07. The molecule has 3 rings (SSSR count). The molecule has 94 valence electrons. The summed E-state index contributed by atoms with van der Waals surface area (Å²) in [6.07, 6.45) is 1.18. The summed E-state index contributed by atoms with van der Waals surface area (Å²) in [5.74, 6) is 1.04. The van der Waals surface area contributed by atoms with E-state index in [2.05, 4.69) is 41.9 Å². The maximum Gasteiger partial charge on any atom is 0.123 e. The van der Waals surface area contributed by atoms with Crippen molar-refractivity contribution >= 4 is 11.3 Å². The van der Waals surface area contributed by atoms with Crippen molar-refractivity contribution in [1.82, 2.24) is 5.32 Å². The van der Waals surface area contributed by atoms with Gasteiger partial charge < -0.3 is 10.1 Å². The van der Waals surface area contributed by atoms with Gasteiger partial charge in [0.25, 0.3) is 0 Å². The number of fused-ring (bicyclic) bond motifs is 1. The van der Waals surface area contributed by atoms with E-state index in [0.29, 0.717) is 0 Å². The predicted octanol–water partition coefficient (Wildman–Crippen LogP) is 3.32. The van der Waals surface area contributed by atoms with Crippen LogP contribution >= 0.6 is 11.3 Å². The Bertz CT molecular complexity index is 524. The van der Waals surface area contributed by atoms with Gasteiger partial charge in [-0.1, -0.05) is 18.2 Å². The van der Waals surface area contributed by atoms with E-state index < -0.39 is 0 Å². The Kier molecular flexibility index (Phi) is 3.10. The van der Waals surface area contributed by atoms with E-state index in [9.17, 15) is 0 Å². The molecule has 2 atom stereocenters. The molecule has 0 aliphatic carbocycles. The minimum Gasteiger partial charge on any atom is -0.488 e. The van der Waals surface area contributed by atoms with Crippen LogP contribution in [0, 0.1) is 6.92 Å². The van der Waals surface area contributed by atoms with E-state index in [-0.39, 0.29) is 12.1 Å². The molecule has 0 radical (unpaired) electrons. The van der Waals surface area contributed by atoms with Crippen molar-refractivity contribution in [2.24, 2.45) is 0 Å². The van der Waals surface area contributed by atoms with Crippen LogP contribution in [0.5, 0.6) is 5.75 Å². The Morgan fingerprint density at radius 2 is 2.22 bits per heavy atom. The van der Waals surface area contributed by atoms with Crippen LogP contribution in [-0.2, 0) is 6.42 Å². The third-order valence-corrected chi connectivity index (χ3v) is 4.34. The van der Waals surface area contributed by atoms with Gasteiger partial charge in [0, 0.05) is 11.3 Å².